The van der Waals surface area contributed by atoms with Gasteiger partial charge in [-0.15, -0.1) is 0 Å². The molecule has 0 aromatic heterocycles. The highest BCUT2D eigenvalue weighted by molar-refractivity contribution is 5.08. The van der Waals surface area contributed by atoms with Crippen molar-refractivity contribution in [2.24, 2.45) is 11.8 Å². The summed E-state index contributed by atoms with van der Waals surface area (Å²) in [4.78, 5) is 6.45. The van der Waals surface area contributed by atoms with Crippen LogP contribution in [0.2, 0.25) is 0 Å². The monoisotopic (exact) mass is 279 g/mol. The SMILES string of the molecule is CC1(C)CC(O)CC(C)(C)N1OC1CC2CCC=CC21. The molecular formula is C17H29NO2. The summed E-state index contributed by atoms with van der Waals surface area (Å²) in [5.74, 6) is 1.45. The average Bonchev–Trinajstić information content (AvgIpc) is 2.26. The lowest BCUT2D eigenvalue weighted by atomic mass is 9.66. The van der Waals surface area contributed by atoms with E-state index in [2.05, 4.69) is 44.9 Å². The van der Waals surface area contributed by atoms with Gasteiger partial charge in [-0.25, -0.2) is 0 Å². The second-order valence-corrected chi connectivity index (χ2v) is 8.20. The van der Waals surface area contributed by atoms with Gasteiger partial charge < -0.3 is 5.11 Å². The number of rotatable bonds is 2. The number of hydrogen-bond acceptors (Lipinski definition) is 3. The Bertz CT molecular complexity index is 384. The van der Waals surface area contributed by atoms with Crippen molar-refractivity contribution in [1.82, 2.24) is 5.06 Å². The molecule has 20 heavy (non-hydrogen) atoms. The van der Waals surface area contributed by atoms with Crippen LogP contribution in [0.1, 0.15) is 59.8 Å². The van der Waals surface area contributed by atoms with E-state index < -0.39 is 0 Å². The molecule has 0 radical (unpaired) electrons. The van der Waals surface area contributed by atoms with Crippen molar-refractivity contribution in [3.8, 4) is 0 Å². The largest absolute Gasteiger partial charge is 0.393 e. The molecule has 0 amide bonds. The summed E-state index contributed by atoms with van der Waals surface area (Å²) in [7, 11) is 0. The van der Waals surface area contributed by atoms with Gasteiger partial charge in [-0.2, -0.15) is 5.06 Å². The van der Waals surface area contributed by atoms with E-state index in [1.165, 1.54) is 19.3 Å². The van der Waals surface area contributed by atoms with Crippen LogP contribution in [0.25, 0.3) is 0 Å². The van der Waals surface area contributed by atoms with Gasteiger partial charge in [-0.1, -0.05) is 12.2 Å². The zero-order valence-electron chi connectivity index (χ0n) is 13.3. The summed E-state index contributed by atoms with van der Waals surface area (Å²) in [5.41, 5.74) is -0.213. The molecule has 1 aliphatic heterocycles. The van der Waals surface area contributed by atoms with Crippen molar-refractivity contribution in [3.05, 3.63) is 12.2 Å². The second-order valence-electron chi connectivity index (χ2n) is 8.20. The van der Waals surface area contributed by atoms with Crippen LogP contribution in [0.15, 0.2) is 12.2 Å². The molecule has 3 rings (SSSR count). The Hall–Kier alpha value is -0.380. The normalized spacial score (nSPS) is 40.1. The van der Waals surface area contributed by atoms with Gasteiger partial charge >= 0.3 is 0 Å². The van der Waals surface area contributed by atoms with Crippen molar-refractivity contribution < 1.29 is 9.94 Å². The Labute approximate surface area is 122 Å². The number of hydrogen-bond donors (Lipinski definition) is 1. The fourth-order valence-electron chi connectivity index (χ4n) is 4.62. The summed E-state index contributed by atoms with van der Waals surface area (Å²) >= 11 is 0. The zero-order chi connectivity index (χ0) is 14.5. The molecule has 2 fully saturated rings. The molecule has 3 unspecified atom stereocenters. The van der Waals surface area contributed by atoms with Gasteiger partial charge in [-0.05, 0) is 65.7 Å². The lowest BCUT2D eigenvalue weighted by molar-refractivity contribution is -0.337. The van der Waals surface area contributed by atoms with Crippen molar-refractivity contribution >= 4 is 0 Å². The molecule has 0 spiro atoms. The summed E-state index contributed by atoms with van der Waals surface area (Å²) < 4.78 is 0. The molecule has 1 N–H and O–H groups in total. The van der Waals surface area contributed by atoms with Crippen LogP contribution in [0.3, 0.4) is 0 Å². The number of nitrogens with zero attached hydrogens (tertiary/aromatic N) is 1. The maximum atomic E-state index is 10.1. The molecule has 1 heterocycles. The third-order valence-electron chi connectivity index (χ3n) is 5.38. The lowest BCUT2D eigenvalue weighted by Crippen LogP contribution is -2.64. The summed E-state index contributed by atoms with van der Waals surface area (Å²) in [6.45, 7) is 8.74. The Morgan fingerprint density at radius 1 is 1.15 bits per heavy atom. The van der Waals surface area contributed by atoms with Crippen LogP contribution in [0, 0.1) is 11.8 Å². The smallest absolute Gasteiger partial charge is 0.0861 e. The summed E-state index contributed by atoms with van der Waals surface area (Å²) in [6.07, 6.45) is 10.1. The van der Waals surface area contributed by atoms with Gasteiger partial charge in [0, 0.05) is 17.0 Å². The number of allylic oxidation sites excluding steroid dienone is 1. The molecular weight excluding hydrogens is 250 g/mol. The van der Waals surface area contributed by atoms with Crippen LogP contribution in [-0.2, 0) is 4.84 Å². The molecule has 3 aliphatic rings. The number of aliphatic hydroxyl groups excluding tert-OH is 1. The number of piperidine rings is 1. The standard InChI is InChI=1S/C17H29NO2/c1-16(2)10-13(19)11-17(3,4)18(16)20-15-9-12-7-5-6-8-14(12)15/h6,8,12-15,19H,5,7,9-11H2,1-4H3. The minimum absolute atomic E-state index is 0.107. The Balaban J connectivity index is 1.72. The van der Waals surface area contributed by atoms with E-state index in [1.807, 2.05) is 0 Å². The summed E-state index contributed by atoms with van der Waals surface area (Å²) in [5, 5.41) is 12.3. The fourth-order valence-corrected chi connectivity index (χ4v) is 4.62. The minimum Gasteiger partial charge on any atom is -0.393 e. The van der Waals surface area contributed by atoms with Crippen molar-refractivity contribution in [2.75, 3.05) is 0 Å². The molecule has 0 aromatic rings. The van der Waals surface area contributed by atoms with E-state index in [1.54, 1.807) is 0 Å². The van der Waals surface area contributed by atoms with Gasteiger partial charge in [0.1, 0.15) is 0 Å². The first kappa shape index (κ1) is 14.6. The van der Waals surface area contributed by atoms with Gasteiger partial charge in [0.05, 0.1) is 12.2 Å². The summed E-state index contributed by atoms with van der Waals surface area (Å²) in [6, 6.07) is 0. The van der Waals surface area contributed by atoms with Crippen LogP contribution in [0.5, 0.6) is 0 Å². The quantitative estimate of drug-likeness (QED) is 0.787. The predicted molar refractivity (Wildman–Crippen MR) is 80.1 cm³/mol. The highest BCUT2D eigenvalue weighted by Crippen LogP contribution is 2.47. The first-order chi connectivity index (χ1) is 9.29. The molecule has 1 saturated heterocycles. The van der Waals surface area contributed by atoms with Crippen LogP contribution < -0.4 is 0 Å². The highest BCUT2D eigenvalue weighted by atomic mass is 16.7. The number of fused-ring (bicyclic) bond motifs is 1. The first-order valence-electron chi connectivity index (χ1n) is 8.11. The van der Waals surface area contributed by atoms with Gasteiger partial charge in [0.25, 0.3) is 0 Å². The molecule has 3 nitrogen and oxygen atoms in total. The first-order valence-corrected chi connectivity index (χ1v) is 8.11. The lowest BCUT2D eigenvalue weighted by Gasteiger charge is -2.56. The fraction of sp³-hybridized carbons (Fsp3) is 0.882. The zero-order valence-corrected chi connectivity index (χ0v) is 13.3. The van der Waals surface area contributed by atoms with E-state index in [0.717, 1.165) is 18.8 Å². The van der Waals surface area contributed by atoms with E-state index in [-0.39, 0.29) is 17.2 Å². The predicted octanol–water partition coefficient (Wildman–Crippen LogP) is 3.29. The van der Waals surface area contributed by atoms with Crippen molar-refractivity contribution in [2.45, 2.75) is 83.1 Å². The third kappa shape index (κ3) is 2.44. The van der Waals surface area contributed by atoms with E-state index in [4.69, 9.17) is 4.84 Å². The van der Waals surface area contributed by atoms with Crippen molar-refractivity contribution in [1.29, 1.82) is 0 Å². The molecule has 2 aliphatic carbocycles. The van der Waals surface area contributed by atoms with E-state index in [0.29, 0.717) is 12.0 Å². The minimum atomic E-state index is -0.219. The van der Waals surface area contributed by atoms with Crippen molar-refractivity contribution in [3.63, 3.8) is 0 Å². The number of aliphatic hydroxyl groups is 1. The molecule has 3 heteroatoms. The molecule has 3 atom stereocenters. The Morgan fingerprint density at radius 3 is 2.40 bits per heavy atom. The molecule has 114 valence electrons. The number of hydroxylamine groups is 2. The van der Waals surface area contributed by atoms with Gasteiger partial charge in [0.15, 0.2) is 0 Å². The van der Waals surface area contributed by atoms with Crippen LogP contribution >= 0.6 is 0 Å². The Morgan fingerprint density at radius 2 is 1.80 bits per heavy atom. The second kappa shape index (κ2) is 4.82. The van der Waals surface area contributed by atoms with Crippen LogP contribution in [-0.4, -0.2) is 33.5 Å². The maximum absolute atomic E-state index is 10.1. The highest BCUT2D eigenvalue weighted by Gasteiger charge is 2.50. The van der Waals surface area contributed by atoms with E-state index in [9.17, 15) is 5.11 Å². The van der Waals surface area contributed by atoms with E-state index >= 15 is 0 Å². The molecule has 0 aromatic carbocycles. The van der Waals surface area contributed by atoms with Gasteiger partial charge in [0.2, 0.25) is 0 Å². The van der Waals surface area contributed by atoms with Crippen LogP contribution in [0.4, 0.5) is 0 Å². The molecule has 0 bridgehead atoms. The Kier molecular flexibility index (Phi) is 3.51. The third-order valence-corrected chi connectivity index (χ3v) is 5.38. The average molecular weight is 279 g/mol. The van der Waals surface area contributed by atoms with Gasteiger partial charge in [-0.3, -0.25) is 4.84 Å². The maximum Gasteiger partial charge on any atom is 0.0861 e. The topological polar surface area (TPSA) is 32.7 Å². The molecule has 1 saturated carbocycles.